The fourth-order valence-corrected chi connectivity index (χ4v) is 2.15. The molecule has 0 saturated heterocycles. The number of carbonyl (C=O) groups excluding carboxylic acids is 3. The maximum atomic E-state index is 11.9. The summed E-state index contributed by atoms with van der Waals surface area (Å²) in [6.45, 7) is 3.30. The van der Waals surface area contributed by atoms with Gasteiger partial charge in [0.1, 0.15) is 5.78 Å². The van der Waals surface area contributed by atoms with Crippen LogP contribution in [0.2, 0.25) is 10.0 Å². The van der Waals surface area contributed by atoms with E-state index in [0.29, 0.717) is 6.42 Å². The highest BCUT2D eigenvalue weighted by atomic mass is 35.5. The van der Waals surface area contributed by atoms with Gasteiger partial charge in [0.15, 0.2) is 5.92 Å². The summed E-state index contributed by atoms with van der Waals surface area (Å²) in [5.41, 5.74) is 0.172. The van der Waals surface area contributed by atoms with E-state index in [4.69, 9.17) is 27.9 Å². The molecule has 1 unspecified atom stereocenters. The molecule has 0 aromatic heterocycles. The number of ether oxygens (including phenoxy) is 2. The van der Waals surface area contributed by atoms with Crippen molar-refractivity contribution in [2.45, 2.75) is 20.3 Å². The Hall–Kier alpha value is -1.92. The van der Waals surface area contributed by atoms with E-state index in [1.165, 1.54) is 26.2 Å². The molecule has 0 aliphatic rings. The van der Waals surface area contributed by atoms with Crippen molar-refractivity contribution >= 4 is 52.8 Å². The Bertz CT molecular complexity index is 673. The van der Waals surface area contributed by atoms with Crippen molar-refractivity contribution in [3.8, 4) is 0 Å². The van der Waals surface area contributed by atoms with Crippen molar-refractivity contribution in [3.63, 3.8) is 0 Å². The predicted molar refractivity (Wildman–Crippen MR) is 91.4 cm³/mol. The first-order valence-corrected chi connectivity index (χ1v) is 7.86. The number of benzene rings is 1. The van der Waals surface area contributed by atoms with E-state index in [9.17, 15) is 14.4 Å². The van der Waals surface area contributed by atoms with Crippen LogP contribution in [0.5, 0.6) is 0 Å². The molecular formula is C16H17Cl2NO5. The molecule has 0 N–H and O–H groups in total. The molecule has 6 nitrogen and oxygen atoms in total. The molecule has 1 atom stereocenters. The summed E-state index contributed by atoms with van der Waals surface area (Å²) in [5, 5.41) is 0.214. The number of ketones is 1. The molecular weight excluding hydrogens is 357 g/mol. The van der Waals surface area contributed by atoms with E-state index >= 15 is 0 Å². The molecule has 0 spiro atoms. The summed E-state index contributed by atoms with van der Waals surface area (Å²) in [6.07, 6.45) is 1.76. The third kappa shape index (κ3) is 5.32. The average Bonchev–Trinajstić information content (AvgIpc) is 2.54. The van der Waals surface area contributed by atoms with Crippen molar-refractivity contribution in [2.24, 2.45) is 10.9 Å². The smallest absolute Gasteiger partial charge is 0.339 e. The van der Waals surface area contributed by atoms with Crippen LogP contribution in [-0.2, 0) is 19.1 Å². The van der Waals surface area contributed by atoms with E-state index in [1.807, 2.05) is 6.92 Å². The van der Waals surface area contributed by atoms with Gasteiger partial charge in [0.25, 0.3) is 0 Å². The van der Waals surface area contributed by atoms with Gasteiger partial charge < -0.3 is 9.47 Å². The van der Waals surface area contributed by atoms with Gasteiger partial charge in [-0.1, -0.05) is 30.1 Å². The second kappa shape index (κ2) is 9.39. The Labute approximate surface area is 149 Å². The molecule has 0 bridgehead atoms. The highest BCUT2D eigenvalue weighted by Crippen LogP contribution is 2.32. The van der Waals surface area contributed by atoms with Gasteiger partial charge in [0.05, 0.1) is 30.0 Å². The second-order valence-corrected chi connectivity index (χ2v) is 5.63. The van der Waals surface area contributed by atoms with Crippen LogP contribution in [0, 0.1) is 5.92 Å². The van der Waals surface area contributed by atoms with Crippen LogP contribution in [0.1, 0.15) is 30.6 Å². The average molecular weight is 374 g/mol. The lowest BCUT2D eigenvalue weighted by Gasteiger charge is -2.09. The summed E-state index contributed by atoms with van der Waals surface area (Å²) >= 11 is 12.0. The molecule has 1 aromatic rings. The standard InChI is InChI=1S/C16H17Cl2NO5/c1-4-5-24-16(22)12(9(2)20)8-19-13-7-10(17)6-11(14(13)18)15(21)23-3/h6-8,12H,4-5H2,1-3H3. The van der Waals surface area contributed by atoms with Crippen molar-refractivity contribution in [1.82, 2.24) is 0 Å². The molecule has 0 radical (unpaired) electrons. The maximum absolute atomic E-state index is 11.9. The van der Waals surface area contributed by atoms with E-state index < -0.39 is 23.6 Å². The van der Waals surface area contributed by atoms with Gasteiger partial charge in [-0.2, -0.15) is 0 Å². The van der Waals surface area contributed by atoms with Crippen LogP contribution in [0.4, 0.5) is 5.69 Å². The summed E-state index contributed by atoms with van der Waals surface area (Å²) in [6, 6.07) is 2.74. The molecule has 0 aliphatic carbocycles. The molecule has 0 saturated carbocycles. The topological polar surface area (TPSA) is 82.0 Å². The molecule has 0 heterocycles. The Kier molecular flexibility index (Phi) is 7.88. The Morgan fingerprint density at radius 2 is 1.96 bits per heavy atom. The third-order valence-corrected chi connectivity index (χ3v) is 3.54. The van der Waals surface area contributed by atoms with Crippen molar-refractivity contribution in [2.75, 3.05) is 13.7 Å². The largest absolute Gasteiger partial charge is 0.465 e. The number of hydrogen-bond acceptors (Lipinski definition) is 6. The lowest BCUT2D eigenvalue weighted by Crippen LogP contribution is -2.25. The van der Waals surface area contributed by atoms with Gasteiger partial charge in [-0.15, -0.1) is 0 Å². The second-order valence-electron chi connectivity index (χ2n) is 4.81. The molecule has 0 amide bonds. The number of nitrogens with zero attached hydrogens (tertiary/aromatic N) is 1. The lowest BCUT2D eigenvalue weighted by atomic mass is 10.1. The number of rotatable bonds is 7. The zero-order chi connectivity index (χ0) is 18.3. The summed E-state index contributed by atoms with van der Waals surface area (Å²) in [4.78, 5) is 39.2. The van der Waals surface area contributed by atoms with E-state index in [2.05, 4.69) is 9.73 Å². The van der Waals surface area contributed by atoms with E-state index in [-0.39, 0.29) is 27.9 Å². The Morgan fingerprint density at radius 1 is 1.29 bits per heavy atom. The molecule has 8 heteroatoms. The number of hydrogen-bond donors (Lipinski definition) is 0. The number of halogens is 2. The summed E-state index contributed by atoms with van der Waals surface area (Å²) < 4.78 is 9.56. The highest BCUT2D eigenvalue weighted by molar-refractivity contribution is 6.38. The lowest BCUT2D eigenvalue weighted by molar-refractivity contribution is -0.148. The highest BCUT2D eigenvalue weighted by Gasteiger charge is 2.23. The monoisotopic (exact) mass is 373 g/mol. The van der Waals surface area contributed by atoms with Gasteiger partial charge in [0, 0.05) is 11.2 Å². The predicted octanol–water partition coefficient (Wildman–Crippen LogP) is 3.64. The van der Waals surface area contributed by atoms with Gasteiger partial charge in [-0.3, -0.25) is 14.6 Å². The third-order valence-electron chi connectivity index (χ3n) is 2.93. The minimum absolute atomic E-state index is 0.00623. The molecule has 24 heavy (non-hydrogen) atoms. The van der Waals surface area contributed by atoms with Crippen LogP contribution >= 0.6 is 23.2 Å². The number of aliphatic imine (C=N–C) groups is 1. The fourth-order valence-electron chi connectivity index (χ4n) is 1.71. The molecule has 1 rings (SSSR count). The normalized spacial score (nSPS) is 12.0. The Balaban J connectivity index is 3.15. The van der Waals surface area contributed by atoms with Crippen molar-refractivity contribution in [3.05, 3.63) is 27.7 Å². The Morgan fingerprint density at radius 3 is 2.50 bits per heavy atom. The first-order chi connectivity index (χ1) is 11.3. The minimum atomic E-state index is -1.16. The zero-order valence-electron chi connectivity index (χ0n) is 13.5. The van der Waals surface area contributed by atoms with Crippen LogP contribution in [0.3, 0.4) is 0 Å². The van der Waals surface area contributed by atoms with E-state index in [0.717, 1.165) is 6.21 Å². The van der Waals surface area contributed by atoms with Crippen molar-refractivity contribution < 1.29 is 23.9 Å². The van der Waals surface area contributed by atoms with Gasteiger partial charge in [-0.25, -0.2) is 4.79 Å². The quantitative estimate of drug-likeness (QED) is 0.413. The van der Waals surface area contributed by atoms with Crippen LogP contribution in [0.25, 0.3) is 0 Å². The number of Topliss-reactive ketones (excluding diaryl/α,β-unsaturated/α-hetero) is 1. The molecule has 130 valence electrons. The first kappa shape index (κ1) is 20.1. The SMILES string of the molecule is CCCOC(=O)C(C=Nc1cc(Cl)cc(C(=O)OC)c1Cl)C(C)=O. The maximum Gasteiger partial charge on any atom is 0.339 e. The number of methoxy groups -OCH3 is 1. The van der Waals surface area contributed by atoms with Gasteiger partial charge in [0.2, 0.25) is 0 Å². The fraction of sp³-hybridized carbons (Fsp3) is 0.375. The van der Waals surface area contributed by atoms with Crippen LogP contribution in [-0.4, -0.2) is 37.7 Å². The first-order valence-electron chi connectivity index (χ1n) is 7.10. The van der Waals surface area contributed by atoms with Gasteiger partial charge in [-0.05, 0) is 25.5 Å². The van der Waals surface area contributed by atoms with E-state index in [1.54, 1.807) is 0 Å². The number of carbonyl (C=O) groups is 3. The summed E-state index contributed by atoms with van der Waals surface area (Å²) in [5.74, 6) is -2.96. The molecule has 1 aromatic carbocycles. The number of esters is 2. The molecule has 0 fully saturated rings. The van der Waals surface area contributed by atoms with Crippen LogP contribution in [0.15, 0.2) is 17.1 Å². The zero-order valence-corrected chi connectivity index (χ0v) is 15.0. The van der Waals surface area contributed by atoms with Crippen molar-refractivity contribution in [1.29, 1.82) is 0 Å². The minimum Gasteiger partial charge on any atom is -0.465 e. The van der Waals surface area contributed by atoms with Gasteiger partial charge >= 0.3 is 11.9 Å². The molecule has 0 aliphatic heterocycles. The summed E-state index contributed by atoms with van der Waals surface area (Å²) in [7, 11) is 1.21. The van der Waals surface area contributed by atoms with Crippen LogP contribution < -0.4 is 0 Å².